The van der Waals surface area contributed by atoms with E-state index in [9.17, 15) is 24.1 Å². The molecule has 0 aromatic heterocycles. The molecule has 6 rings (SSSR count). The molecule has 0 N–H and O–H groups in total. The summed E-state index contributed by atoms with van der Waals surface area (Å²) >= 11 is 0. The van der Waals surface area contributed by atoms with Crippen LogP contribution < -0.4 is 9.64 Å². The van der Waals surface area contributed by atoms with Crippen molar-refractivity contribution in [2.45, 2.75) is 37.4 Å². The summed E-state index contributed by atoms with van der Waals surface area (Å²) in [5, 5.41) is 12.4. The second kappa shape index (κ2) is 7.83. The number of carbonyl (C=O) groups is 2. The maximum atomic E-state index is 13.9. The lowest BCUT2D eigenvalue weighted by Gasteiger charge is -2.31. The molecule has 2 amide bonds. The summed E-state index contributed by atoms with van der Waals surface area (Å²) in [6.07, 6.45) is 1.65. The minimum absolute atomic E-state index is 0.0848. The van der Waals surface area contributed by atoms with Gasteiger partial charge in [-0.1, -0.05) is 18.2 Å². The van der Waals surface area contributed by atoms with E-state index in [-0.39, 0.29) is 29.9 Å². The minimum Gasteiger partial charge on any atom is -0.493 e. The molecule has 3 fully saturated rings. The fourth-order valence-corrected chi connectivity index (χ4v) is 6.34. The molecule has 184 valence electrons. The van der Waals surface area contributed by atoms with Crippen LogP contribution >= 0.6 is 0 Å². The van der Waals surface area contributed by atoms with Crippen LogP contribution in [0.5, 0.6) is 5.75 Å². The highest BCUT2D eigenvalue weighted by molar-refractivity contribution is 6.26. The normalized spacial score (nSPS) is 28.7. The zero-order valence-corrected chi connectivity index (χ0v) is 19.5. The number of carbonyl (C=O) groups excluding carboxylic acids is 2. The largest absolute Gasteiger partial charge is 0.493 e. The number of amides is 2. The molecule has 0 radical (unpaired) electrons. The molecular formula is C27H23FN2O6. The van der Waals surface area contributed by atoms with Crippen molar-refractivity contribution in [2.24, 2.45) is 11.8 Å². The van der Waals surface area contributed by atoms with E-state index >= 15 is 0 Å². The Kier molecular flexibility index (Phi) is 4.91. The number of benzene rings is 3. The van der Waals surface area contributed by atoms with E-state index in [0.717, 1.165) is 0 Å². The molecule has 0 aliphatic carbocycles. The van der Waals surface area contributed by atoms with Gasteiger partial charge in [-0.3, -0.25) is 19.7 Å². The second-order valence-corrected chi connectivity index (χ2v) is 9.91. The highest BCUT2D eigenvalue weighted by Gasteiger charge is 2.73. The van der Waals surface area contributed by atoms with Crippen LogP contribution in [0, 0.1) is 27.8 Å². The maximum Gasteiger partial charge on any atom is 0.277 e. The first-order chi connectivity index (χ1) is 17.2. The maximum absolute atomic E-state index is 13.9. The molecule has 2 unspecified atom stereocenters. The Balaban J connectivity index is 1.34. The summed E-state index contributed by atoms with van der Waals surface area (Å²) in [6.45, 7) is 2.12. The molecule has 3 aliphatic rings. The Bertz CT molecular complexity index is 1430. The van der Waals surface area contributed by atoms with Gasteiger partial charge in [0.05, 0.1) is 45.6 Å². The SMILES string of the molecule is CC12CCC(CCOc3ccc(F)cc3)(O1)[C@@H]1C(=O)N(c3ccc([N+](=O)[O-])c4ccccc34)C(=O)[C@@H]12. The molecule has 0 saturated carbocycles. The van der Waals surface area contributed by atoms with Gasteiger partial charge in [0.1, 0.15) is 11.6 Å². The number of anilines is 1. The third kappa shape index (κ3) is 3.15. The molecule has 2 bridgehead atoms. The number of rotatable bonds is 6. The summed E-state index contributed by atoms with van der Waals surface area (Å²) < 4.78 is 25.4. The fraction of sp³-hybridized carbons (Fsp3) is 0.333. The first-order valence-corrected chi connectivity index (χ1v) is 11.9. The minimum atomic E-state index is -0.850. The van der Waals surface area contributed by atoms with Crippen LogP contribution in [0.3, 0.4) is 0 Å². The third-order valence-electron chi connectivity index (χ3n) is 7.94. The number of hydrogen-bond donors (Lipinski definition) is 0. The average Bonchev–Trinajstić information content (AvgIpc) is 3.44. The molecule has 3 heterocycles. The van der Waals surface area contributed by atoms with Crippen LogP contribution in [-0.4, -0.2) is 34.5 Å². The van der Waals surface area contributed by atoms with Gasteiger partial charge in [-0.25, -0.2) is 9.29 Å². The van der Waals surface area contributed by atoms with Crippen molar-refractivity contribution in [1.82, 2.24) is 0 Å². The third-order valence-corrected chi connectivity index (χ3v) is 7.94. The van der Waals surface area contributed by atoms with Crippen LogP contribution in [0.15, 0.2) is 60.7 Å². The number of ether oxygens (including phenoxy) is 2. The van der Waals surface area contributed by atoms with Crippen molar-refractivity contribution in [3.63, 3.8) is 0 Å². The molecule has 3 aromatic rings. The molecule has 4 atom stereocenters. The molecule has 0 spiro atoms. The van der Waals surface area contributed by atoms with E-state index in [1.165, 1.54) is 41.3 Å². The Labute approximate surface area is 205 Å². The van der Waals surface area contributed by atoms with Gasteiger partial charge in [-0.2, -0.15) is 0 Å². The first-order valence-electron chi connectivity index (χ1n) is 11.9. The van der Waals surface area contributed by atoms with Gasteiger partial charge in [0.2, 0.25) is 11.8 Å². The van der Waals surface area contributed by atoms with Crippen molar-refractivity contribution >= 4 is 34.0 Å². The van der Waals surface area contributed by atoms with Crippen LogP contribution in [0.4, 0.5) is 15.8 Å². The summed E-state index contributed by atoms with van der Waals surface area (Å²) in [4.78, 5) is 39.9. The molecular weight excluding hydrogens is 467 g/mol. The highest BCUT2D eigenvalue weighted by Crippen LogP contribution is 2.62. The number of fused-ring (bicyclic) bond motifs is 6. The number of imide groups is 1. The predicted octanol–water partition coefficient (Wildman–Crippen LogP) is 4.78. The molecule has 8 nitrogen and oxygen atoms in total. The molecule has 3 aliphatic heterocycles. The van der Waals surface area contributed by atoms with Gasteiger partial charge in [0.15, 0.2) is 0 Å². The lowest BCUT2D eigenvalue weighted by molar-refractivity contribution is -0.383. The van der Waals surface area contributed by atoms with E-state index in [1.807, 2.05) is 6.92 Å². The quantitative estimate of drug-likeness (QED) is 0.280. The first kappa shape index (κ1) is 22.6. The van der Waals surface area contributed by atoms with Crippen molar-refractivity contribution in [3.8, 4) is 5.75 Å². The molecule has 9 heteroatoms. The number of nitrogens with zero attached hydrogens (tertiary/aromatic N) is 2. The molecule has 3 saturated heterocycles. The van der Waals surface area contributed by atoms with Gasteiger partial charge in [-0.05, 0) is 56.2 Å². The lowest BCUT2D eigenvalue weighted by atomic mass is 9.67. The van der Waals surface area contributed by atoms with E-state index < -0.39 is 28.0 Å². The number of non-ortho nitro benzene ring substituents is 1. The number of halogens is 1. The Morgan fingerprint density at radius 2 is 1.72 bits per heavy atom. The Morgan fingerprint density at radius 1 is 1.03 bits per heavy atom. The standard InChI is InChI=1S/C27H23FN2O6/c1-26-12-13-27(36-26,14-15-35-17-8-6-16(28)7-9-17)23-22(26)24(31)29(25(23)32)20-10-11-21(30(33)34)19-5-3-2-4-18(19)20/h2-11,22-23H,12-15H2,1H3/t22-,23+,26?,27?/m1/s1. The average molecular weight is 490 g/mol. The smallest absolute Gasteiger partial charge is 0.277 e. The highest BCUT2D eigenvalue weighted by atomic mass is 19.1. The monoisotopic (exact) mass is 490 g/mol. The van der Waals surface area contributed by atoms with Crippen LogP contribution in [0.2, 0.25) is 0 Å². The van der Waals surface area contributed by atoms with E-state index in [2.05, 4.69) is 0 Å². The number of nitro groups is 1. The van der Waals surface area contributed by atoms with Crippen molar-refractivity contribution in [3.05, 3.63) is 76.6 Å². The van der Waals surface area contributed by atoms with Gasteiger partial charge in [-0.15, -0.1) is 0 Å². The molecule has 3 aromatic carbocycles. The van der Waals surface area contributed by atoms with Gasteiger partial charge >= 0.3 is 0 Å². The predicted molar refractivity (Wildman–Crippen MR) is 128 cm³/mol. The summed E-state index contributed by atoms with van der Waals surface area (Å²) in [5.74, 6) is -1.85. The molecule has 36 heavy (non-hydrogen) atoms. The summed E-state index contributed by atoms with van der Waals surface area (Å²) in [5.41, 5.74) is -1.37. The summed E-state index contributed by atoms with van der Waals surface area (Å²) in [6, 6.07) is 15.2. The topological polar surface area (TPSA) is 99.0 Å². The van der Waals surface area contributed by atoms with Gasteiger partial charge in [0, 0.05) is 17.9 Å². The van der Waals surface area contributed by atoms with Crippen molar-refractivity contribution < 1.29 is 28.4 Å². The Hall–Kier alpha value is -3.85. The van der Waals surface area contributed by atoms with E-state index in [0.29, 0.717) is 41.5 Å². The number of hydrogen-bond acceptors (Lipinski definition) is 6. The van der Waals surface area contributed by atoms with Crippen molar-refractivity contribution in [1.29, 1.82) is 0 Å². The zero-order chi connectivity index (χ0) is 25.2. The van der Waals surface area contributed by atoms with Crippen LogP contribution in [0.1, 0.15) is 26.2 Å². The van der Waals surface area contributed by atoms with Crippen LogP contribution in [0.25, 0.3) is 10.8 Å². The fourth-order valence-electron chi connectivity index (χ4n) is 6.34. The number of nitro benzene ring substituents is 1. The van der Waals surface area contributed by atoms with Gasteiger partial charge < -0.3 is 9.47 Å². The van der Waals surface area contributed by atoms with Crippen molar-refractivity contribution in [2.75, 3.05) is 11.5 Å². The van der Waals surface area contributed by atoms with Gasteiger partial charge in [0.25, 0.3) is 5.69 Å². The Morgan fingerprint density at radius 3 is 2.44 bits per heavy atom. The summed E-state index contributed by atoms with van der Waals surface area (Å²) in [7, 11) is 0. The van der Waals surface area contributed by atoms with Crippen LogP contribution in [-0.2, 0) is 14.3 Å². The van der Waals surface area contributed by atoms with E-state index in [4.69, 9.17) is 9.47 Å². The van der Waals surface area contributed by atoms with E-state index in [1.54, 1.807) is 24.3 Å². The zero-order valence-electron chi connectivity index (χ0n) is 19.5. The second-order valence-electron chi connectivity index (χ2n) is 9.91. The lowest BCUT2D eigenvalue weighted by Crippen LogP contribution is -2.43.